The van der Waals surface area contributed by atoms with Crippen molar-refractivity contribution in [3.63, 3.8) is 0 Å². The Morgan fingerprint density at radius 3 is 1.97 bits per heavy atom. The zero-order valence-electron chi connectivity index (χ0n) is 17.8. The number of non-ortho nitro benzene ring substituents is 1. The number of carbonyl (C=O) groups excluding carboxylic acids is 1. The Bertz CT molecular complexity index is 917. The topological polar surface area (TPSA) is 128 Å². The van der Waals surface area contributed by atoms with Crippen molar-refractivity contribution in [2.24, 2.45) is 0 Å². The predicted octanol–water partition coefficient (Wildman–Crippen LogP) is 2.87. The van der Waals surface area contributed by atoms with Gasteiger partial charge in [-0.15, -0.1) is 0 Å². The molecular formula is C21H23NO10. The molecule has 0 aliphatic carbocycles. The lowest BCUT2D eigenvalue weighted by molar-refractivity contribution is -0.384. The Kier molecular flexibility index (Phi) is 7.95. The minimum atomic E-state index is -0.808. The molecule has 1 saturated heterocycles. The van der Waals surface area contributed by atoms with Crippen LogP contribution in [0.25, 0.3) is 0 Å². The van der Waals surface area contributed by atoms with Gasteiger partial charge in [0.05, 0.1) is 4.92 Å². The van der Waals surface area contributed by atoms with E-state index < -0.39 is 17.1 Å². The first-order valence-corrected chi connectivity index (χ1v) is 9.47. The molecule has 0 amide bonds. The summed E-state index contributed by atoms with van der Waals surface area (Å²) in [6.07, 6.45) is -1.35. The van der Waals surface area contributed by atoms with Crippen LogP contribution in [0.15, 0.2) is 36.4 Å². The summed E-state index contributed by atoms with van der Waals surface area (Å²) in [5, 5.41) is 10.9. The fraction of sp³-hybridized carbons (Fsp3) is 0.381. The molecule has 0 bridgehead atoms. The Balaban J connectivity index is 1.89. The normalized spacial score (nSPS) is 17.0. The van der Waals surface area contributed by atoms with E-state index in [0.717, 1.165) is 0 Å². The minimum Gasteiger partial charge on any atom is -0.467 e. The van der Waals surface area contributed by atoms with Crippen LogP contribution in [0.1, 0.15) is 22.0 Å². The quantitative estimate of drug-likeness (QED) is 0.148. The van der Waals surface area contributed by atoms with E-state index in [1.807, 2.05) is 0 Å². The average Bonchev–Trinajstić information content (AvgIpc) is 3.60. The third-order valence-corrected chi connectivity index (χ3v) is 4.48. The monoisotopic (exact) mass is 449 g/mol. The maximum atomic E-state index is 13.3. The highest BCUT2D eigenvalue weighted by molar-refractivity contribution is 6.06. The summed E-state index contributed by atoms with van der Waals surface area (Å²) in [4.78, 5) is 23.7. The number of methoxy groups -OCH3 is 3. The van der Waals surface area contributed by atoms with Crippen LogP contribution in [0.3, 0.4) is 0 Å². The second kappa shape index (κ2) is 10.9. The molecule has 0 unspecified atom stereocenters. The van der Waals surface area contributed by atoms with Crippen molar-refractivity contribution in [2.45, 2.75) is 12.2 Å². The first-order valence-electron chi connectivity index (χ1n) is 9.47. The van der Waals surface area contributed by atoms with Crippen molar-refractivity contribution in [3.8, 4) is 17.2 Å². The maximum absolute atomic E-state index is 13.3. The van der Waals surface area contributed by atoms with E-state index in [2.05, 4.69) is 0 Å². The second-order valence-electron chi connectivity index (χ2n) is 6.64. The smallest absolute Gasteiger partial charge is 0.269 e. The van der Waals surface area contributed by atoms with E-state index in [9.17, 15) is 14.9 Å². The van der Waals surface area contributed by atoms with Crippen molar-refractivity contribution in [1.29, 1.82) is 0 Å². The van der Waals surface area contributed by atoms with E-state index >= 15 is 0 Å². The van der Waals surface area contributed by atoms with Gasteiger partial charge in [-0.1, -0.05) is 0 Å². The highest BCUT2D eigenvalue weighted by atomic mass is 16.7. The number of nitrogens with zero attached hydrogens (tertiary/aromatic N) is 1. The number of carbonyl (C=O) groups is 1. The van der Waals surface area contributed by atoms with Gasteiger partial charge in [0, 0.05) is 45.6 Å². The fourth-order valence-electron chi connectivity index (χ4n) is 2.98. The lowest BCUT2D eigenvalue weighted by Gasteiger charge is -2.17. The molecule has 1 fully saturated rings. The number of nitro groups is 1. The van der Waals surface area contributed by atoms with Crippen LogP contribution >= 0.6 is 0 Å². The third-order valence-electron chi connectivity index (χ3n) is 4.48. The van der Waals surface area contributed by atoms with E-state index in [1.54, 1.807) is 12.1 Å². The van der Waals surface area contributed by atoms with Gasteiger partial charge in [0.15, 0.2) is 26.5 Å². The van der Waals surface area contributed by atoms with Crippen molar-refractivity contribution < 1.29 is 42.9 Å². The van der Waals surface area contributed by atoms with E-state index in [-0.39, 0.29) is 48.9 Å². The zero-order valence-corrected chi connectivity index (χ0v) is 17.8. The first kappa shape index (κ1) is 23.4. The molecule has 2 atom stereocenters. The Labute approximate surface area is 183 Å². The van der Waals surface area contributed by atoms with Gasteiger partial charge in [-0.25, -0.2) is 0 Å². The molecule has 0 spiro atoms. The van der Waals surface area contributed by atoms with Gasteiger partial charge in [0.2, 0.25) is 5.78 Å². The largest absolute Gasteiger partial charge is 0.467 e. The lowest BCUT2D eigenvalue weighted by atomic mass is 10.0. The third kappa shape index (κ3) is 5.51. The summed E-state index contributed by atoms with van der Waals surface area (Å²) >= 11 is 0. The minimum absolute atomic E-state index is 0.0192. The molecule has 11 nitrogen and oxygen atoms in total. The van der Waals surface area contributed by atoms with Crippen LogP contribution in [-0.2, 0) is 18.9 Å². The summed E-state index contributed by atoms with van der Waals surface area (Å²) in [6, 6.07) is 8.88. The number of nitro benzene ring substituents is 1. The Hall–Kier alpha value is -3.25. The summed E-state index contributed by atoms with van der Waals surface area (Å²) in [5.41, 5.74) is 0.737. The number of benzene rings is 2. The molecule has 1 aliphatic rings. The Morgan fingerprint density at radius 1 is 0.938 bits per heavy atom. The van der Waals surface area contributed by atoms with Gasteiger partial charge in [-0.05, 0) is 17.7 Å². The van der Waals surface area contributed by atoms with Gasteiger partial charge < -0.3 is 33.2 Å². The van der Waals surface area contributed by atoms with Crippen LogP contribution in [0, 0.1) is 10.1 Å². The molecule has 11 heteroatoms. The van der Waals surface area contributed by atoms with Crippen molar-refractivity contribution in [2.75, 3.05) is 41.7 Å². The molecular weight excluding hydrogens is 426 g/mol. The van der Waals surface area contributed by atoms with Gasteiger partial charge in [-0.3, -0.25) is 14.9 Å². The summed E-state index contributed by atoms with van der Waals surface area (Å²) in [6.45, 7) is -0.251. The molecule has 0 saturated carbocycles. The van der Waals surface area contributed by atoms with Crippen molar-refractivity contribution in [1.82, 2.24) is 0 Å². The lowest BCUT2D eigenvalue weighted by Crippen LogP contribution is -2.15. The standard InChI is InChI=1S/C21H23NO10/c1-26-10-29-15-8-16(30-11-27-2)18(17(9-15)31-12-28-3)19(23)21-20(32-21)13-4-6-14(7-5-13)22(24)25/h4-9,20-21H,10-12H2,1-3H3/t20-,21-/m1/s1. The zero-order chi connectivity index (χ0) is 23.1. The number of ether oxygens (including phenoxy) is 7. The van der Waals surface area contributed by atoms with Crippen LogP contribution in [0.2, 0.25) is 0 Å². The molecule has 0 radical (unpaired) electrons. The van der Waals surface area contributed by atoms with E-state index in [4.69, 9.17) is 33.2 Å². The van der Waals surface area contributed by atoms with Crippen LogP contribution in [-0.4, -0.2) is 58.5 Å². The van der Waals surface area contributed by atoms with Crippen LogP contribution in [0.4, 0.5) is 5.69 Å². The molecule has 1 aliphatic heterocycles. The van der Waals surface area contributed by atoms with E-state index in [1.165, 1.54) is 45.6 Å². The predicted molar refractivity (Wildman–Crippen MR) is 109 cm³/mol. The van der Waals surface area contributed by atoms with Gasteiger partial charge >= 0.3 is 0 Å². The fourth-order valence-corrected chi connectivity index (χ4v) is 2.98. The molecule has 1 heterocycles. The number of epoxide rings is 1. The van der Waals surface area contributed by atoms with Crippen molar-refractivity contribution >= 4 is 11.5 Å². The van der Waals surface area contributed by atoms with Crippen LogP contribution in [0.5, 0.6) is 17.2 Å². The number of rotatable bonds is 13. The molecule has 2 aromatic rings. The van der Waals surface area contributed by atoms with Gasteiger partial charge in [-0.2, -0.15) is 0 Å². The number of hydrogen-bond donors (Lipinski definition) is 0. The summed E-state index contributed by atoms with van der Waals surface area (Å²) in [5.74, 6) is 0.317. The molecule has 3 rings (SSSR count). The molecule has 0 aromatic heterocycles. The summed E-state index contributed by atoms with van der Waals surface area (Å²) in [7, 11) is 4.37. The first-order chi connectivity index (χ1) is 15.5. The Morgan fingerprint density at radius 2 is 1.47 bits per heavy atom. The van der Waals surface area contributed by atoms with E-state index in [0.29, 0.717) is 11.3 Å². The second-order valence-corrected chi connectivity index (χ2v) is 6.64. The van der Waals surface area contributed by atoms with Crippen molar-refractivity contribution in [3.05, 3.63) is 57.6 Å². The van der Waals surface area contributed by atoms with Gasteiger partial charge in [0.1, 0.15) is 28.9 Å². The number of hydrogen-bond acceptors (Lipinski definition) is 10. The average molecular weight is 449 g/mol. The number of Topliss-reactive ketones (excluding diaryl/α,β-unsaturated/α-hetero) is 1. The molecule has 2 aromatic carbocycles. The summed E-state index contributed by atoms with van der Waals surface area (Å²) < 4.78 is 37.1. The molecule has 172 valence electrons. The van der Waals surface area contributed by atoms with Gasteiger partial charge in [0.25, 0.3) is 5.69 Å². The molecule has 0 N–H and O–H groups in total. The maximum Gasteiger partial charge on any atom is 0.269 e. The molecule has 32 heavy (non-hydrogen) atoms. The highest BCUT2D eigenvalue weighted by Gasteiger charge is 2.48. The number of ketones is 1. The SMILES string of the molecule is COCOc1cc(OCOC)c(C(=O)[C@H]2O[C@@H]2c2ccc([N+](=O)[O-])cc2)c(OCOC)c1. The van der Waals surface area contributed by atoms with Crippen LogP contribution < -0.4 is 14.2 Å². The highest BCUT2D eigenvalue weighted by Crippen LogP contribution is 2.45.